The van der Waals surface area contributed by atoms with E-state index in [-0.39, 0.29) is 29.1 Å². The van der Waals surface area contributed by atoms with Crippen molar-refractivity contribution in [3.8, 4) is 11.4 Å². The summed E-state index contributed by atoms with van der Waals surface area (Å²) in [7, 11) is 0. The highest BCUT2D eigenvalue weighted by Gasteiger charge is 2.35. The van der Waals surface area contributed by atoms with Crippen LogP contribution in [0.2, 0.25) is 0 Å². The fourth-order valence-corrected chi connectivity index (χ4v) is 3.22. The van der Waals surface area contributed by atoms with Gasteiger partial charge in [0.2, 0.25) is 11.8 Å². The van der Waals surface area contributed by atoms with E-state index in [9.17, 15) is 18.3 Å². The number of pyridine rings is 1. The number of hydrogen-bond acceptors (Lipinski definition) is 9. The molecule has 174 valence electrons. The lowest BCUT2D eigenvalue weighted by Gasteiger charge is -2.09. The first-order valence-corrected chi connectivity index (χ1v) is 10.3. The Hall–Kier alpha value is -4.00. The number of aliphatic hydroxyl groups is 1. The Morgan fingerprint density at radius 1 is 1.21 bits per heavy atom. The standard InChI is InChI=1S/C21H17F3N8O2/c1-11(33)19-29-30-20(34-19)15(14-6-25-9-26-7-14)8-32-10-27-18(31-32)13-4-16(12-2-3-12)28-17(5-13)21(22,23)24/h4-12,33H,2-3H2,1H3. The first-order chi connectivity index (χ1) is 16.3. The van der Waals surface area contributed by atoms with Crippen molar-refractivity contribution in [3.05, 3.63) is 65.9 Å². The molecule has 1 unspecified atom stereocenters. The molecule has 0 aromatic carbocycles. The fraction of sp³-hybridized carbons (Fsp3) is 0.286. The molecule has 0 amide bonds. The zero-order valence-electron chi connectivity index (χ0n) is 17.7. The average molecular weight is 470 g/mol. The summed E-state index contributed by atoms with van der Waals surface area (Å²) in [5.74, 6) is 0.210. The van der Waals surface area contributed by atoms with Gasteiger partial charge in [-0.25, -0.2) is 24.6 Å². The van der Waals surface area contributed by atoms with Crippen molar-refractivity contribution in [2.24, 2.45) is 0 Å². The van der Waals surface area contributed by atoms with Gasteiger partial charge in [-0.05, 0) is 31.9 Å². The van der Waals surface area contributed by atoms with E-state index in [4.69, 9.17) is 4.42 Å². The zero-order valence-corrected chi connectivity index (χ0v) is 17.7. The van der Waals surface area contributed by atoms with Crippen LogP contribution in [0.15, 0.2) is 41.6 Å². The van der Waals surface area contributed by atoms with Gasteiger partial charge < -0.3 is 9.52 Å². The highest BCUT2D eigenvalue weighted by molar-refractivity contribution is 5.82. The Bertz CT molecular complexity index is 1340. The van der Waals surface area contributed by atoms with Crippen LogP contribution >= 0.6 is 0 Å². The molecule has 4 aromatic rings. The van der Waals surface area contributed by atoms with E-state index in [1.54, 1.807) is 6.07 Å². The van der Waals surface area contributed by atoms with Crippen molar-refractivity contribution in [3.63, 3.8) is 0 Å². The van der Waals surface area contributed by atoms with Gasteiger partial charge in [-0.1, -0.05) is 0 Å². The van der Waals surface area contributed by atoms with Crippen molar-refractivity contribution in [1.29, 1.82) is 0 Å². The van der Waals surface area contributed by atoms with Crippen LogP contribution in [0.4, 0.5) is 13.2 Å². The maximum Gasteiger partial charge on any atom is 0.433 e. The number of aromatic nitrogens is 8. The van der Waals surface area contributed by atoms with Crippen LogP contribution in [0.5, 0.6) is 0 Å². The smallest absolute Gasteiger partial charge is 0.418 e. The predicted octanol–water partition coefficient (Wildman–Crippen LogP) is 3.51. The van der Waals surface area contributed by atoms with Crippen LogP contribution in [0.1, 0.15) is 60.5 Å². The van der Waals surface area contributed by atoms with Crippen molar-refractivity contribution >= 4 is 11.8 Å². The Kier molecular flexibility index (Phi) is 5.40. The van der Waals surface area contributed by atoms with E-state index < -0.39 is 18.0 Å². The second-order valence-corrected chi connectivity index (χ2v) is 7.78. The highest BCUT2D eigenvalue weighted by Crippen LogP contribution is 2.41. The van der Waals surface area contributed by atoms with Crippen LogP contribution in [0.3, 0.4) is 0 Å². The molecule has 0 radical (unpaired) electrons. The minimum absolute atomic E-state index is 0.0149. The van der Waals surface area contributed by atoms with Gasteiger partial charge in [0.1, 0.15) is 24.5 Å². The van der Waals surface area contributed by atoms with Crippen LogP contribution in [-0.2, 0) is 6.18 Å². The molecule has 5 rings (SSSR count). The third-order valence-corrected chi connectivity index (χ3v) is 5.06. The quantitative estimate of drug-likeness (QED) is 0.450. The molecule has 13 heteroatoms. The molecule has 34 heavy (non-hydrogen) atoms. The molecule has 0 bridgehead atoms. The van der Waals surface area contributed by atoms with Crippen LogP contribution in [0.25, 0.3) is 23.2 Å². The number of hydrogen-bond donors (Lipinski definition) is 1. The number of alkyl halides is 3. The Morgan fingerprint density at radius 2 is 1.97 bits per heavy atom. The molecule has 1 N–H and O–H groups in total. The van der Waals surface area contributed by atoms with E-state index in [0.717, 1.165) is 18.9 Å². The van der Waals surface area contributed by atoms with Gasteiger partial charge >= 0.3 is 6.18 Å². The first kappa shape index (κ1) is 21.8. The van der Waals surface area contributed by atoms with Crippen LogP contribution < -0.4 is 0 Å². The van der Waals surface area contributed by atoms with Crippen LogP contribution in [-0.4, -0.2) is 45.0 Å². The van der Waals surface area contributed by atoms with Gasteiger partial charge in [-0.15, -0.1) is 15.3 Å². The monoisotopic (exact) mass is 470 g/mol. The van der Waals surface area contributed by atoms with Crippen molar-refractivity contribution in [2.45, 2.75) is 38.0 Å². The van der Waals surface area contributed by atoms with E-state index in [1.807, 2.05) is 0 Å². The maximum atomic E-state index is 13.4. The topological polar surface area (TPSA) is 129 Å². The summed E-state index contributed by atoms with van der Waals surface area (Å²) in [4.78, 5) is 15.9. The number of aliphatic hydroxyl groups excluding tert-OH is 1. The Labute approximate surface area is 190 Å². The average Bonchev–Trinajstić information content (AvgIpc) is 3.36. The molecule has 1 atom stereocenters. The third-order valence-electron chi connectivity index (χ3n) is 5.06. The Morgan fingerprint density at radius 3 is 2.62 bits per heavy atom. The first-order valence-electron chi connectivity index (χ1n) is 10.3. The van der Waals surface area contributed by atoms with Crippen molar-refractivity contribution in [1.82, 2.24) is 39.9 Å². The summed E-state index contributed by atoms with van der Waals surface area (Å²) in [6, 6.07) is 2.53. The van der Waals surface area contributed by atoms with Gasteiger partial charge in [0.05, 0.1) is 5.57 Å². The molecule has 1 fully saturated rings. The van der Waals surface area contributed by atoms with Gasteiger partial charge in [0, 0.05) is 41.3 Å². The van der Waals surface area contributed by atoms with Crippen molar-refractivity contribution in [2.75, 3.05) is 0 Å². The molecule has 0 aliphatic heterocycles. The van der Waals surface area contributed by atoms with Crippen molar-refractivity contribution < 1.29 is 22.7 Å². The number of halogens is 3. The second kappa shape index (κ2) is 8.41. The van der Waals surface area contributed by atoms with Crippen LogP contribution in [0, 0.1) is 0 Å². The van der Waals surface area contributed by atoms with Gasteiger partial charge in [-0.3, -0.25) is 0 Å². The lowest BCUT2D eigenvalue weighted by atomic mass is 10.1. The fourth-order valence-electron chi connectivity index (χ4n) is 3.22. The van der Waals surface area contributed by atoms with E-state index in [0.29, 0.717) is 16.8 Å². The molecule has 4 heterocycles. The molecule has 0 spiro atoms. The molecular weight excluding hydrogens is 453 g/mol. The molecule has 1 saturated carbocycles. The lowest BCUT2D eigenvalue weighted by molar-refractivity contribution is -0.141. The van der Waals surface area contributed by atoms with Gasteiger partial charge in [-0.2, -0.15) is 13.2 Å². The normalized spacial score (nSPS) is 15.5. The summed E-state index contributed by atoms with van der Waals surface area (Å²) >= 11 is 0. The predicted molar refractivity (Wildman–Crippen MR) is 110 cm³/mol. The molecule has 10 nitrogen and oxygen atoms in total. The largest absolute Gasteiger partial charge is 0.433 e. The molecule has 1 aliphatic carbocycles. The van der Waals surface area contributed by atoms with Gasteiger partial charge in [0.15, 0.2) is 5.82 Å². The lowest BCUT2D eigenvalue weighted by Crippen LogP contribution is -2.10. The van der Waals surface area contributed by atoms with E-state index in [1.165, 1.54) is 42.9 Å². The summed E-state index contributed by atoms with van der Waals surface area (Å²) < 4.78 is 47.0. The Balaban J connectivity index is 1.55. The van der Waals surface area contributed by atoms with E-state index >= 15 is 0 Å². The zero-order chi connectivity index (χ0) is 23.9. The minimum atomic E-state index is -4.58. The SMILES string of the molecule is CC(O)c1nnc(C(=Cn2cnc(-c3cc(C4CC4)nc(C(F)(F)F)c3)n2)c2cncnc2)o1. The van der Waals surface area contributed by atoms with E-state index in [2.05, 4.69) is 35.2 Å². The summed E-state index contributed by atoms with van der Waals surface area (Å²) in [5.41, 5.74) is 0.517. The maximum absolute atomic E-state index is 13.4. The summed E-state index contributed by atoms with van der Waals surface area (Å²) in [5, 5.41) is 21.8. The summed E-state index contributed by atoms with van der Waals surface area (Å²) in [6.45, 7) is 1.48. The minimum Gasteiger partial charge on any atom is -0.418 e. The number of nitrogens with zero attached hydrogens (tertiary/aromatic N) is 8. The third kappa shape index (κ3) is 4.55. The molecule has 4 aromatic heterocycles. The van der Waals surface area contributed by atoms with Gasteiger partial charge in [0.25, 0.3) is 0 Å². The summed E-state index contributed by atoms with van der Waals surface area (Å²) in [6.07, 6.45) is 3.29. The number of rotatable bonds is 6. The molecule has 0 saturated heterocycles. The highest BCUT2D eigenvalue weighted by atomic mass is 19.4. The molecular formula is C21H17F3N8O2. The molecule has 1 aliphatic rings. The second-order valence-electron chi connectivity index (χ2n) is 7.78.